The van der Waals surface area contributed by atoms with Gasteiger partial charge in [-0.2, -0.15) is 0 Å². The van der Waals surface area contributed by atoms with Crippen LogP contribution in [0, 0.1) is 0 Å². The van der Waals surface area contributed by atoms with Gasteiger partial charge in [-0.05, 0) is 86.9 Å². The molecule has 0 aliphatic heterocycles. The molecule has 0 spiro atoms. The smallest absolute Gasteiger partial charge is 0.136 e. The van der Waals surface area contributed by atoms with E-state index in [1.165, 1.54) is 49.2 Å². The quantitative estimate of drug-likeness (QED) is 0.199. The van der Waals surface area contributed by atoms with Crippen LogP contribution in [0.15, 0.2) is 180 Å². The van der Waals surface area contributed by atoms with Gasteiger partial charge in [-0.25, -0.2) is 0 Å². The van der Waals surface area contributed by atoms with E-state index in [0.29, 0.717) is 0 Å². The highest BCUT2D eigenvalue weighted by Gasteiger charge is 2.17. The maximum Gasteiger partial charge on any atom is 0.136 e. The highest BCUT2D eigenvalue weighted by atomic mass is 16.3. The summed E-state index contributed by atoms with van der Waals surface area (Å²) >= 11 is 0. The zero-order valence-corrected chi connectivity index (χ0v) is 25.1. The fraction of sp³-hybridized carbons (Fsp3) is 0. The molecule has 0 aliphatic rings. The van der Waals surface area contributed by atoms with Crippen molar-refractivity contribution in [1.29, 1.82) is 0 Å². The van der Waals surface area contributed by atoms with Gasteiger partial charge in [0, 0.05) is 27.5 Å². The number of fused-ring (bicyclic) bond motifs is 6. The monoisotopic (exact) mass is 587 g/mol. The molecule has 9 rings (SSSR count). The van der Waals surface area contributed by atoms with E-state index in [0.717, 1.165) is 33.6 Å². The second-order valence-corrected chi connectivity index (χ2v) is 11.7. The third kappa shape index (κ3) is 4.35. The second kappa shape index (κ2) is 10.8. The van der Waals surface area contributed by atoms with Crippen molar-refractivity contribution in [3.63, 3.8) is 0 Å². The molecule has 1 heterocycles. The Labute approximate surface area is 267 Å². The van der Waals surface area contributed by atoms with Crippen molar-refractivity contribution in [2.45, 2.75) is 0 Å². The Kier molecular flexibility index (Phi) is 6.17. The van der Waals surface area contributed by atoms with Crippen LogP contribution >= 0.6 is 0 Å². The minimum atomic E-state index is 0.915. The zero-order valence-electron chi connectivity index (χ0n) is 25.1. The molecule has 2 nitrogen and oxygen atoms in total. The summed E-state index contributed by atoms with van der Waals surface area (Å²) < 4.78 is 6.37. The van der Waals surface area contributed by atoms with Gasteiger partial charge in [-0.3, -0.25) is 0 Å². The second-order valence-electron chi connectivity index (χ2n) is 11.7. The van der Waals surface area contributed by atoms with Gasteiger partial charge in [0.2, 0.25) is 0 Å². The summed E-state index contributed by atoms with van der Waals surface area (Å²) in [6.45, 7) is 0. The zero-order chi connectivity index (χ0) is 30.5. The van der Waals surface area contributed by atoms with E-state index in [-0.39, 0.29) is 0 Å². The predicted octanol–water partition coefficient (Wildman–Crippen LogP) is 12.7. The van der Waals surface area contributed by atoms with Crippen LogP contribution in [0.4, 0.5) is 17.1 Å². The molecular weight excluding hydrogens is 558 g/mol. The molecule has 0 saturated carbocycles. The van der Waals surface area contributed by atoms with Crippen LogP contribution in [0.25, 0.3) is 65.7 Å². The summed E-state index contributed by atoms with van der Waals surface area (Å²) in [6.07, 6.45) is 0. The molecule has 0 aliphatic carbocycles. The van der Waals surface area contributed by atoms with Crippen molar-refractivity contribution in [3.8, 4) is 22.3 Å². The van der Waals surface area contributed by atoms with Gasteiger partial charge in [0.1, 0.15) is 11.2 Å². The lowest BCUT2D eigenvalue weighted by atomic mass is 9.92. The number of furan rings is 1. The number of para-hydroxylation sites is 2. The highest BCUT2D eigenvalue weighted by Crippen LogP contribution is 2.43. The minimum Gasteiger partial charge on any atom is -0.456 e. The first-order valence-electron chi connectivity index (χ1n) is 15.7. The lowest BCUT2D eigenvalue weighted by Gasteiger charge is -2.27. The summed E-state index contributed by atoms with van der Waals surface area (Å²) in [6, 6.07) is 62.7. The molecule has 0 fully saturated rings. The number of benzene rings is 8. The molecule has 216 valence electrons. The molecule has 1 aromatic heterocycles. The van der Waals surface area contributed by atoms with E-state index in [2.05, 4.69) is 175 Å². The number of hydrogen-bond acceptors (Lipinski definition) is 2. The minimum absolute atomic E-state index is 0.915. The van der Waals surface area contributed by atoms with Crippen molar-refractivity contribution in [1.82, 2.24) is 0 Å². The van der Waals surface area contributed by atoms with Crippen LogP contribution in [-0.4, -0.2) is 0 Å². The number of nitrogens with zero attached hydrogens (tertiary/aromatic N) is 1. The average Bonchev–Trinajstić information content (AvgIpc) is 3.51. The van der Waals surface area contributed by atoms with Gasteiger partial charge in [-0.1, -0.05) is 127 Å². The van der Waals surface area contributed by atoms with Crippen LogP contribution < -0.4 is 4.90 Å². The topological polar surface area (TPSA) is 16.4 Å². The Morgan fingerprint density at radius 2 is 1.02 bits per heavy atom. The third-order valence-electron chi connectivity index (χ3n) is 9.04. The summed E-state index contributed by atoms with van der Waals surface area (Å²) in [4.78, 5) is 2.35. The fourth-order valence-electron chi connectivity index (χ4n) is 6.88. The Hall–Kier alpha value is -6.12. The molecule has 46 heavy (non-hydrogen) atoms. The molecule has 0 atom stereocenters. The highest BCUT2D eigenvalue weighted by molar-refractivity contribution is 6.22. The Morgan fingerprint density at radius 1 is 0.370 bits per heavy atom. The summed E-state index contributed by atoms with van der Waals surface area (Å²) in [7, 11) is 0. The fourth-order valence-corrected chi connectivity index (χ4v) is 6.88. The normalized spacial score (nSPS) is 11.5. The Morgan fingerprint density at radius 3 is 1.85 bits per heavy atom. The van der Waals surface area contributed by atoms with Crippen LogP contribution in [0.3, 0.4) is 0 Å². The van der Waals surface area contributed by atoms with Gasteiger partial charge in [0.15, 0.2) is 0 Å². The van der Waals surface area contributed by atoms with Crippen molar-refractivity contribution >= 4 is 60.5 Å². The molecule has 8 aromatic carbocycles. The summed E-state index contributed by atoms with van der Waals surface area (Å²) in [5.41, 5.74) is 9.93. The van der Waals surface area contributed by atoms with Gasteiger partial charge in [0.25, 0.3) is 0 Å². The molecule has 0 bridgehead atoms. The first-order valence-corrected chi connectivity index (χ1v) is 15.7. The lowest BCUT2D eigenvalue weighted by Crippen LogP contribution is -2.10. The van der Waals surface area contributed by atoms with Crippen molar-refractivity contribution in [3.05, 3.63) is 176 Å². The van der Waals surface area contributed by atoms with E-state index in [9.17, 15) is 0 Å². The van der Waals surface area contributed by atoms with Crippen LogP contribution in [-0.2, 0) is 0 Å². The summed E-state index contributed by atoms with van der Waals surface area (Å²) in [5, 5.41) is 7.18. The molecule has 0 unspecified atom stereocenters. The van der Waals surface area contributed by atoms with Crippen molar-refractivity contribution in [2.24, 2.45) is 0 Å². The van der Waals surface area contributed by atoms with E-state index < -0.39 is 0 Å². The SMILES string of the molecule is c1ccc(-c2cc3oc4ccccc4c3c3ccc(-c4ccc(N(c5ccccc5)c5cccc6ccccc56)cc4)cc23)cc1. The number of rotatable bonds is 5. The van der Waals surface area contributed by atoms with Gasteiger partial charge in [-0.15, -0.1) is 0 Å². The third-order valence-corrected chi connectivity index (χ3v) is 9.04. The first kappa shape index (κ1) is 26.3. The van der Waals surface area contributed by atoms with Crippen molar-refractivity contribution in [2.75, 3.05) is 4.90 Å². The van der Waals surface area contributed by atoms with Gasteiger partial charge in [0.05, 0.1) is 5.69 Å². The van der Waals surface area contributed by atoms with Crippen molar-refractivity contribution < 1.29 is 4.42 Å². The molecule has 0 amide bonds. The van der Waals surface area contributed by atoms with Gasteiger partial charge < -0.3 is 9.32 Å². The predicted molar refractivity (Wildman–Crippen MR) is 194 cm³/mol. The molecule has 0 saturated heterocycles. The van der Waals surface area contributed by atoms with E-state index in [1.54, 1.807) is 0 Å². The van der Waals surface area contributed by atoms with E-state index >= 15 is 0 Å². The molecule has 2 heteroatoms. The summed E-state index contributed by atoms with van der Waals surface area (Å²) in [5.74, 6) is 0. The van der Waals surface area contributed by atoms with Crippen LogP contribution in [0.1, 0.15) is 0 Å². The standard InChI is InChI=1S/C44H29NO/c1-3-12-32(13-4-1)39-29-43-44(38-19-9-10-21-42(38)46-43)37-27-24-33(28-40(37)39)30-22-25-35(26-23-30)45(34-16-5-2-6-17-34)41-20-11-15-31-14-7-8-18-36(31)41/h1-29H. The molecule has 0 radical (unpaired) electrons. The first-order chi connectivity index (χ1) is 22.8. The Balaban J connectivity index is 1.20. The largest absolute Gasteiger partial charge is 0.456 e. The van der Waals surface area contributed by atoms with Gasteiger partial charge >= 0.3 is 0 Å². The molecular formula is C44H29NO. The number of anilines is 3. The number of hydrogen-bond donors (Lipinski definition) is 0. The van der Waals surface area contributed by atoms with Crippen LogP contribution in [0.5, 0.6) is 0 Å². The molecule has 9 aromatic rings. The molecule has 0 N–H and O–H groups in total. The van der Waals surface area contributed by atoms with E-state index in [1.807, 2.05) is 6.07 Å². The van der Waals surface area contributed by atoms with E-state index in [4.69, 9.17) is 4.42 Å². The van der Waals surface area contributed by atoms with Crippen LogP contribution in [0.2, 0.25) is 0 Å². The lowest BCUT2D eigenvalue weighted by molar-refractivity contribution is 0.669. The Bertz CT molecular complexity index is 2510. The maximum atomic E-state index is 6.37. The maximum absolute atomic E-state index is 6.37. The average molecular weight is 588 g/mol.